The predicted molar refractivity (Wildman–Crippen MR) is 89.7 cm³/mol. The molecule has 0 aliphatic carbocycles. The highest BCUT2D eigenvalue weighted by Crippen LogP contribution is 2.22. The molecule has 4 rings (SSSR count). The Hall–Kier alpha value is -2.66. The van der Waals surface area contributed by atoms with Crippen LogP contribution in [0.3, 0.4) is 0 Å². The first-order valence-electron chi connectivity index (χ1n) is 8.00. The summed E-state index contributed by atoms with van der Waals surface area (Å²) >= 11 is 0. The largest absolute Gasteiger partial charge is 0.448 e. The van der Waals surface area contributed by atoms with Gasteiger partial charge in [0.05, 0.1) is 12.7 Å². The number of aryl methyl sites for hydroxylation is 1. The molecule has 2 heterocycles. The van der Waals surface area contributed by atoms with Crippen molar-refractivity contribution in [1.29, 1.82) is 0 Å². The molecule has 0 N–H and O–H groups in total. The molecule has 1 aliphatic rings. The first-order valence-corrected chi connectivity index (χ1v) is 8.00. The lowest BCUT2D eigenvalue weighted by molar-refractivity contribution is -0.0501. The first kappa shape index (κ1) is 14.9. The zero-order chi connectivity index (χ0) is 16.5. The van der Waals surface area contributed by atoms with Crippen LogP contribution in [0.2, 0.25) is 0 Å². The van der Waals surface area contributed by atoms with Gasteiger partial charge in [-0.25, -0.2) is 4.98 Å². The molecule has 0 spiro atoms. The lowest BCUT2D eigenvalue weighted by Gasteiger charge is -2.38. The van der Waals surface area contributed by atoms with Crippen molar-refractivity contribution in [2.24, 2.45) is 0 Å². The van der Waals surface area contributed by atoms with Crippen LogP contribution in [0.5, 0.6) is 0 Å². The predicted octanol–water partition coefficient (Wildman–Crippen LogP) is 3.18. The molecule has 0 saturated carbocycles. The molecule has 1 saturated heterocycles. The molecule has 3 aromatic rings. The van der Waals surface area contributed by atoms with Gasteiger partial charge in [-0.15, -0.1) is 0 Å². The number of fused-ring (bicyclic) bond motifs is 1. The number of oxazole rings is 1. The lowest BCUT2D eigenvalue weighted by Crippen LogP contribution is -2.54. The molecule has 2 aromatic carbocycles. The number of benzene rings is 2. The number of carbonyl (C=O) groups excluding carboxylic acids is 1. The fourth-order valence-corrected chi connectivity index (χ4v) is 2.96. The topological polar surface area (TPSA) is 55.6 Å². The van der Waals surface area contributed by atoms with Crippen LogP contribution in [0, 0.1) is 6.92 Å². The maximum Gasteiger partial charge on any atom is 0.275 e. The van der Waals surface area contributed by atoms with E-state index >= 15 is 0 Å². The van der Waals surface area contributed by atoms with Gasteiger partial charge in [0.25, 0.3) is 5.91 Å². The fraction of sp³-hybridized carbons (Fsp3) is 0.263. The van der Waals surface area contributed by atoms with Crippen molar-refractivity contribution < 1.29 is 13.9 Å². The van der Waals surface area contributed by atoms with Crippen LogP contribution in [0.4, 0.5) is 0 Å². The Kier molecular flexibility index (Phi) is 3.78. The minimum absolute atomic E-state index is 0.0703. The summed E-state index contributed by atoms with van der Waals surface area (Å²) in [5, 5.41) is 2.43. The van der Waals surface area contributed by atoms with Gasteiger partial charge >= 0.3 is 0 Å². The number of aromatic nitrogens is 1. The highest BCUT2D eigenvalue weighted by Gasteiger charge is 2.33. The maximum atomic E-state index is 12.2. The monoisotopic (exact) mass is 322 g/mol. The van der Waals surface area contributed by atoms with Crippen molar-refractivity contribution in [2.45, 2.75) is 19.6 Å². The third-order valence-corrected chi connectivity index (χ3v) is 4.33. The summed E-state index contributed by atoms with van der Waals surface area (Å²) in [7, 11) is 0. The molecule has 1 fully saturated rings. The molecule has 0 unspecified atom stereocenters. The zero-order valence-electron chi connectivity index (χ0n) is 13.4. The van der Waals surface area contributed by atoms with Crippen LogP contribution in [0.1, 0.15) is 21.9 Å². The number of ether oxygens (including phenoxy) is 1. The molecule has 24 heavy (non-hydrogen) atoms. The van der Waals surface area contributed by atoms with E-state index in [1.807, 2.05) is 18.2 Å². The van der Waals surface area contributed by atoms with Crippen molar-refractivity contribution in [2.75, 3.05) is 13.1 Å². The van der Waals surface area contributed by atoms with E-state index in [-0.39, 0.29) is 12.0 Å². The quantitative estimate of drug-likeness (QED) is 0.740. The van der Waals surface area contributed by atoms with E-state index in [0.717, 1.165) is 0 Å². The molecule has 5 heteroatoms. The van der Waals surface area contributed by atoms with Gasteiger partial charge in [0.1, 0.15) is 6.26 Å². The van der Waals surface area contributed by atoms with Crippen LogP contribution in [-0.4, -0.2) is 35.0 Å². The maximum absolute atomic E-state index is 12.2. The number of carbonyl (C=O) groups is 1. The Morgan fingerprint density at radius 3 is 2.83 bits per heavy atom. The number of hydrogen-bond donors (Lipinski definition) is 0. The Morgan fingerprint density at radius 1 is 1.25 bits per heavy atom. The Bertz CT molecular complexity index is 876. The van der Waals surface area contributed by atoms with E-state index in [2.05, 4.69) is 29.2 Å². The molecular weight excluding hydrogens is 304 g/mol. The van der Waals surface area contributed by atoms with Crippen LogP contribution in [-0.2, 0) is 11.3 Å². The van der Waals surface area contributed by atoms with E-state index in [1.165, 1.54) is 22.6 Å². The summed E-state index contributed by atoms with van der Waals surface area (Å²) in [4.78, 5) is 18.0. The van der Waals surface area contributed by atoms with Gasteiger partial charge in [0, 0.05) is 20.0 Å². The number of hydrogen-bond acceptors (Lipinski definition) is 4. The first-order chi connectivity index (χ1) is 11.7. The standard InChI is InChI=1S/C19H18N2O3/c1-13-20-18(12-23-13)19(22)21-9-16(10-21)24-11-15-7-4-6-14-5-2-3-8-17(14)15/h2-8,12,16H,9-11H2,1H3. The summed E-state index contributed by atoms with van der Waals surface area (Å²) in [6.07, 6.45) is 1.48. The van der Waals surface area contributed by atoms with Crippen molar-refractivity contribution in [3.63, 3.8) is 0 Å². The second-order valence-electron chi connectivity index (χ2n) is 6.03. The molecule has 122 valence electrons. The molecular formula is C19H18N2O3. The number of likely N-dealkylation sites (tertiary alicyclic amines) is 1. The molecule has 0 radical (unpaired) electrons. The summed E-state index contributed by atoms with van der Waals surface area (Å²) in [6, 6.07) is 14.5. The minimum Gasteiger partial charge on any atom is -0.448 e. The summed E-state index contributed by atoms with van der Waals surface area (Å²) in [5.74, 6) is 0.402. The third-order valence-electron chi connectivity index (χ3n) is 4.33. The fourth-order valence-electron chi connectivity index (χ4n) is 2.96. The molecule has 5 nitrogen and oxygen atoms in total. The minimum atomic E-state index is -0.100. The Morgan fingerprint density at radius 2 is 2.04 bits per heavy atom. The highest BCUT2D eigenvalue weighted by molar-refractivity contribution is 5.92. The van der Waals surface area contributed by atoms with E-state index in [1.54, 1.807) is 11.8 Å². The Balaban J connectivity index is 1.34. The Labute approximate surface area is 139 Å². The van der Waals surface area contributed by atoms with Gasteiger partial charge in [-0.1, -0.05) is 42.5 Å². The van der Waals surface area contributed by atoms with Crippen LogP contribution in [0.25, 0.3) is 10.8 Å². The van der Waals surface area contributed by atoms with Gasteiger partial charge in [-0.05, 0) is 16.3 Å². The van der Waals surface area contributed by atoms with Crippen LogP contribution >= 0.6 is 0 Å². The zero-order valence-corrected chi connectivity index (χ0v) is 13.4. The van der Waals surface area contributed by atoms with Crippen LogP contribution in [0.15, 0.2) is 53.1 Å². The van der Waals surface area contributed by atoms with Crippen molar-refractivity contribution in [1.82, 2.24) is 9.88 Å². The molecule has 1 amide bonds. The number of nitrogens with zero attached hydrogens (tertiary/aromatic N) is 2. The number of rotatable bonds is 4. The van der Waals surface area contributed by atoms with E-state index in [4.69, 9.17) is 9.15 Å². The van der Waals surface area contributed by atoms with Gasteiger partial charge in [0.2, 0.25) is 0 Å². The van der Waals surface area contributed by atoms with Crippen molar-refractivity contribution >= 4 is 16.7 Å². The number of amides is 1. The van der Waals surface area contributed by atoms with Crippen LogP contribution < -0.4 is 0 Å². The van der Waals surface area contributed by atoms with E-state index < -0.39 is 0 Å². The smallest absolute Gasteiger partial charge is 0.275 e. The molecule has 0 atom stereocenters. The van der Waals surface area contributed by atoms with Gasteiger partial charge in [-0.2, -0.15) is 0 Å². The summed E-state index contributed by atoms with van der Waals surface area (Å²) in [6.45, 7) is 3.46. The average Bonchev–Trinajstić information content (AvgIpc) is 3.00. The van der Waals surface area contributed by atoms with Gasteiger partial charge in [0.15, 0.2) is 11.6 Å². The van der Waals surface area contributed by atoms with Crippen molar-refractivity contribution in [3.8, 4) is 0 Å². The SMILES string of the molecule is Cc1nc(C(=O)N2CC(OCc3cccc4ccccc34)C2)co1. The molecule has 1 aliphatic heterocycles. The van der Waals surface area contributed by atoms with Crippen molar-refractivity contribution in [3.05, 3.63) is 65.9 Å². The normalized spacial score (nSPS) is 14.8. The summed E-state index contributed by atoms with van der Waals surface area (Å²) < 4.78 is 11.0. The van der Waals surface area contributed by atoms with E-state index in [9.17, 15) is 4.79 Å². The lowest BCUT2D eigenvalue weighted by atomic mass is 10.1. The average molecular weight is 322 g/mol. The second-order valence-corrected chi connectivity index (χ2v) is 6.03. The molecule has 0 bridgehead atoms. The van der Waals surface area contributed by atoms with Gasteiger partial charge in [-0.3, -0.25) is 4.79 Å². The van der Waals surface area contributed by atoms with E-state index in [0.29, 0.717) is 31.3 Å². The molecule has 1 aromatic heterocycles. The summed E-state index contributed by atoms with van der Waals surface area (Å²) in [5.41, 5.74) is 1.53. The second kappa shape index (κ2) is 6.09. The third kappa shape index (κ3) is 2.78. The van der Waals surface area contributed by atoms with Gasteiger partial charge < -0.3 is 14.1 Å². The highest BCUT2D eigenvalue weighted by atomic mass is 16.5.